The lowest BCUT2D eigenvalue weighted by atomic mass is 10.2. The zero-order valence-electron chi connectivity index (χ0n) is 9.36. The molecule has 1 heterocycles. The van der Waals surface area contributed by atoms with Crippen molar-refractivity contribution in [2.75, 3.05) is 7.05 Å². The molecule has 0 saturated heterocycles. The molecular weight excluding hydrogens is 193 g/mol. The average molecular weight is 211 g/mol. The Morgan fingerprint density at radius 1 is 1.60 bits per heavy atom. The Morgan fingerprint density at radius 3 is 2.93 bits per heavy atom. The van der Waals surface area contributed by atoms with Gasteiger partial charge in [0.05, 0.1) is 12.0 Å². The van der Waals surface area contributed by atoms with Gasteiger partial charge in [0, 0.05) is 25.8 Å². The monoisotopic (exact) mass is 211 g/mol. The van der Waals surface area contributed by atoms with E-state index in [4.69, 9.17) is 0 Å². The average Bonchev–Trinajstić information content (AvgIpc) is 2.76. The van der Waals surface area contributed by atoms with E-state index < -0.39 is 6.17 Å². The quantitative estimate of drug-likeness (QED) is 0.759. The van der Waals surface area contributed by atoms with Crippen molar-refractivity contribution in [1.82, 2.24) is 14.5 Å². The fraction of sp³-hybridized carbons (Fsp3) is 0.727. The molecule has 4 heteroatoms. The van der Waals surface area contributed by atoms with Crippen LogP contribution in [0.5, 0.6) is 0 Å². The summed E-state index contributed by atoms with van der Waals surface area (Å²) in [6, 6.07) is 0.0971. The molecule has 1 aromatic heterocycles. The number of nitrogens with zero attached hydrogens (tertiary/aromatic N) is 3. The predicted octanol–water partition coefficient (Wildman–Crippen LogP) is 1.74. The maximum absolute atomic E-state index is 13.5. The highest BCUT2D eigenvalue weighted by molar-refractivity contribution is 4.98. The standard InChI is InChI=1S/C11H18FN3/c1-14(11-5-3-4-10(11)12)7-9-6-13-8-15(9)2/h6,8,10-11H,3-5,7H2,1-2H3. The van der Waals surface area contributed by atoms with Crippen molar-refractivity contribution in [3.63, 3.8) is 0 Å². The summed E-state index contributed by atoms with van der Waals surface area (Å²) in [6.07, 6.45) is 5.70. The van der Waals surface area contributed by atoms with E-state index in [1.54, 1.807) is 6.33 Å². The largest absolute Gasteiger partial charge is 0.337 e. The van der Waals surface area contributed by atoms with Crippen LogP contribution in [-0.4, -0.2) is 33.7 Å². The topological polar surface area (TPSA) is 21.1 Å². The lowest BCUT2D eigenvalue weighted by Crippen LogP contribution is -2.35. The molecule has 3 nitrogen and oxygen atoms in total. The minimum absolute atomic E-state index is 0.0971. The van der Waals surface area contributed by atoms with Gasteiger partial charge in [0.1, 0.15) is 6.17 Å². The van der Waals surface area contributed by atoms with Crippen LogP contribution in [0.3, 0.4) is 0 Å². The van der Waals surface area contributed by atoms with Gasteiger partial charge in [-0.05, 0) is 26.3 Å². The van der Waals surface area contributed by atoms with Gasteiger partial charge >= 0.3 is 0 Å². The summed E-state index contributed by atoms with van der Waals surface area (Å²) < 4.78 is 15.5. The van der Waals surface area contributed by atoms with E-state index in [0.717, 1.165) is 31.5 Å². The Balaban J connectivity index is 1.97. The van der Waals surface area contributed by atoms with E-state index in [1.807, 2.05) is 24.9 Å². The van der Waals surface area contributed by atoms with Crippen LogP contribution in [0.2, 0.25) is 0 Å². The van der Waals surface area contributed by atoms with Crippen LogP contribution in [0, 0.1) is 0 Å². The Bertz CT molecular complexity index is 323. The summed E-state index contributed by atoms with van der Waals surface area (Å²) in [7, 11) is 3.97. The van der Waals surface area contributed by atoms with Crippen LogP contribution in [-0.2, 0) is 13.6 Å². The molecule has 0 N–H and O–H groups in total. The first kappa shape index (κ1) is 10.6. The molecular formula is C11H18FN3. The molecule has 1 fully saturated rings. The second kappa shape index (κ2) is 4.31. The number of halogens is 1. The molecule has 0 bridgehead atoms. The third-order valence-corrected chi connectivity index (χ3v) is 3.29. The molecule has 1 aliphatic carbocycles. The number of aromatic nitrogens is 2. The summed E-state index contributed by atoms with van der Waals surface area (Å²) in [6.45, 7) is 0.779. The minimum Gasteiger partial charge on any atom is -0.337 e. The number of hydrogen-bond acceptors (Lipinski definition) is 2. The lowest BCUT2D eigenvalue weighted by molar-refractivity contribution is 0.151. The van der Waals surface area contributed by atoms with Gasteiger partial charge in [-0.15, -0.1) is 0 Å². The Labute approximate surface area is 89.9 Å². The molecule has 0 radical (unpaired) electrons. The van der Waals surface area contributed by atoms with Gasteiger partial charge in [0.15, 0.2) is 0 Å². The van der Waals surface area contributed by atoms with E-state index in [-0.39, 0.29) is 6.04 Å². The summed E-state index contributed by atoms with van der Waals surface area (Å²) in [5.74, 6) is 0. The Morgan fingerprint density at radius 2 is 2.40 bits per heavy atom. The van der Waals surface area contributed by atoms with E-state index in [2.05, 4.69) is 9.88 Å². The van der Waals surface area contributed by atoms with Crippen molar-refractivity contribution in [3.05, 3.63) is 18.2 Å². The fourth-order valence-corrected chi connectivity index (χ4v) is 2.30. The highest BCUT2D eigenvalue weighted by Gasteiger charge is 2.30. The number of alkyl halides is 1. The Kier molecular flexibility index (Phi) is 3.05. The number of rotatable bonds is 3. The summed E-state index contributed by atoms with van der Waals surface area (Å²) in [5, 5.41) is 0. The van der Waals surface area contributed by atoms with E-state index >= 15 is 0 Å². The van der Waals surface area contributed by atoms with Gasteiger partial charge in [-0.1, -0.05) is 0 Å². The molecule has 0 aliphatic heterocycles. The SMILES string of the molecule is CN(Cc1cncn1C)C1CCCC1F. The molecule has 2 rings (SSSR count). The molecule has 1 aromatic rings. The van der Waals surface area contributed by atoms with E-state index in [9.17, 15) is 4.39 Å². The van der Waals surface area contributed by atoms with Gasteiger partial charge in [0.25, 0.3) is 0 Å². The van der Waals surface area contributed by atoms with Crippen molar-refractivity contribution in [2.24, 2.45) is 7.05 Å². The summed E-state index contributed by atoms with van der Waals surface area (Å²) >= 11 is 0. The predicted molar refractivity (Wildman–Crippen MR) is 57.2 cm³/mol. The zero-order valence-corrected chi connectivity index (χ0v) is 9.36. The maximum Gasteiger partial charge on any atom is 0.116 e. The normalized spacial score (nSPS) is 26.4. The highest BCUT2D eigenvalue weighted by atomic mass is 19.1. The summed E-state index contributed by atoms with van der Waals surface area (Å²) in [4.78, 5) is 6.17. The van der Waals surface area contributed by atoms with Gasteiger partial charge in [-0.2, -0.15) is 0 Å². The number of aryl methyl sites for hydroxylation is 1. The molecule has 84 valence electrons. The third-order valence-electron chi connectivity index (χ3n) is 3.29. The highest BCUT2D eigenvalue weighted by Crippen LogP contribution is 2.26. The zero-order chi connectivity index (χ0) is 10.8. The molecule has 2 unspecified atom stereocenters. The number of hydrogen-bond donors (Lipinski definition) is 0. The first-order valence-electron chi connectivity index (χ1n) is 5.48. The number of imidazole rings is 1. The van der Waals surface area contributed by atoms with Crippen LogP contribution < -0.4 is 0 Å². The fourth-order valence-electron chi connectivity index (χ4n) is 2.30. The van der Waals surface area contributed by atoms with E-state index in [0.29, 0.717) is 0 Å². The smallest absolute Gasteiger partial charge is 0.116 e. The third kappa shape index (κ3) is 2.20. The van der Waals surface area contributed by atoms with Crippen LogP contribution in [0.4, 0.5) is 4.39 Å². The van der Waals surface area contributed by atoms with Crippen LogP contribution >= 0.6 is 0 Å². The van der Waals surface area contributed by atoms with E-state index in [1.165, 1.54) is 0 Å². The van der Waals surface area contributed by atoms with Crippen molar-refractivity contribution < 1.29 is 4.39 Å². The van der Waals surface area contributed by atoms with Gasteiger partial charge in [-0.25, -0.2) is 9.37 Å². The van der Waals surface area contributed by atoms with Crippen molar-refractivity contribution in [3.8, 4) is 0 Å². The Hall–Kier alpha value is -0.900. The van der Waals surface area contributed by atoms with Gasteiger partial charge < -0.3 is 4.57 Å². The van der Waals surface area contributed by atoms with Crippen LogP contribution in [0.25, 0.3) is 0 Å². The minimum atomic E-state index is -0.650. The molecule has 1 saturated carbocycles. The first-order valence-corrected chi connectivity index (χ1v) is 5.48. The molecule has 0 amide bonds. The van der Waals surface area contributed by atoms with Crippen molar-refractivity contribution >= 4 is 0 Å². The maximum atomic E-state index is 13.5. The molecule has 1 aliphatic rings. The second-order valence-corrected chi connectivity index (χ2v) is 4.43. The molecule has 0 aromatic carbocycles. The molecule has 2 atom stereocenters. The van der Waals surface area contributed by atoms with Crippen LogP contribution in [0.1, 0.15) is 25.0 Å². The van der Waals surface area contributed by atoms with Gasteiger partial charge in [0.2, 0.25) is 0 Å². The van der Waals surface area contributed by atoms with Gasteiger partial charge in [-0.3, -0.25) is 4.90 Å². The van der Waals surface area contributed by atoms with Crippen molar-refractivity contribution in [1.29, 1.82) is 0 Å². The molecule has 0 spiro atoms. The lowest BCUT2D eigenvalue weighted by Gasteiger charge is -2.25. The first-order chi connectivity index (χ1) is 7.18. The van der Waals surface area contributed by atoms with Crippen molar-refractivity contribution in [2.45, 2.75) is 38.0 Å². The summed E-state index contributed by atoms with van der Waals surface area (Å²) in [5.41, 5.74) is 1.14. The van der Waals surface area contributed by atoms with Crippen LogP contribution in [0.15, 0.2) is 12.5 Å². The molecule has 15 heavy (non-hydrogen) atoms. The second-order valence-electron chi connectivity index (χ2n) is 4.43.